The van der Waals surface area contributed by atoms with Gasteiger partial charge in [0.1, 0.15) is 18.2 Å². The van der Waals surface area contributed by atoms with Crippen LogP contribution in [0.3, 0.4) is 0 Å². The molecule has 0 aliphatic carbocycles. The first kappa shape index (κ1) is 26.8. The van der Waals surface area contributed by atoms with Crippen LogP contribution in [0.4, 0.5) is 10.2 Å². The molecular formula is C33H32ClFN6O2. The van der Waals surface area contributed by atoms with E-state index in [1.54, 1.807) is 6.07 Å². The van der Waals surface area contributed by atoms with E-state index >= 15 is 0 Å². The van der Waals surface area contributed by atoms with E-state index in [2.05, 4.69) is 16.4 Å². The van der Waals surface area contributed by atoms with E-state index in [1.165, 1.54) is 25.0 Å². The van der Waals surface area contributed by atoms with Gasteiger partial charge in [-0.2, -0.15) is 9.97 Å². The minimum Gasteiger partial charge on any atom is -0.461 e. The maximum absolute atomic E-state index is 14.5. The number of halogens is 2. The Morgan fingerprint density at radius 2 is 1.91 bits per heavy atom. The summed E-state index contributed by atoms with van der Waals surface area (Å²) in [7, 11) is 0. The Bertz CT molecular complexity index is 1790. The molecule has 8 nitrogen and oxygen atoms in total. The van der Waals surface area contributed by atoms with Crippen molar-refractivity contribution in [3.8, 4) is 17.3 Å². The summed E-state index contributed by atoms with van der Waals surface area (Å²) in [5.74, 6) is 0.266. The Morgan fingerprint density at radius 1 is 1.07 bits per heavy atom. The van der Waals surface area contributed by atoms with Crippen LogP contribution in [0, 0.1) is 5.82 Å². The van der Waals surface area contributed by atoms with Gasteiger partial charge in [-0.25, -0.2) is 9.37 Å². The van der Waals surface area contributed by atoms with Crippen LogP contribution in [-0.2, 0) is 4.79 Å². The molecule has 8 rings (SSSR count). The van der Waals surface area contributed by atoms with Gasteiger partial charge in [-0.1, -0.05) is 42.4 Å². The van der Waals surface area contributed by atoms with Crippen LogP contribution in [0.5, 0.6) is 6.01 Å². The second kappa shape index (κ2) is 10.1. The summed E-state index contributed by atoms with van der Waals surface area (Å²) < 4.78 is 20.9. The van der Waals surface area contributed by atoms with Crippen molar-refractivity contribution in [2.75, 3.05) is 37.7 Å². The predicted molar refractivity (Wildman–Crippen MR) is 165 cm³/mol. The average Bonchev–Trinajstić information content (AvgIpc) is 3.69. The number of benzene rings is 2. The van der Waals surface area contributed by atoms with E-state index in [-0.39, 0.29) is 28.6 Å². The number of pyridine rings is 1. The number of amides is 1. The van der Waals surface area contributed by atoms with Gasteiger partial charge >= 0.3 is 6.01 Å². The van der Waals surface area contributed by atoms with E-state index in [0.717, 1.165) is 54.5 Å². The fourth-order valence-electron chi connectivity index (χ4n) is 7.85. The molecule has 6 heterocycles. The number of aromatic nitrogens is 3. The summed E-state index contributed by atoms with van der Waals surface area (Å²) in [6.45, 7) is 7.82. The van der Waals surface area contributed by atoms with E-state index in [1.807, 2.05) is 35.2 Å². The number of hydrogen-bond acceptors (Lipinski definition) is 7. The molecule has 4 fully saturated rings. The minimum absolute atomic E-state index is 0.0304. The lowest BCUT2D eigenvalue weighted by molar-refractivity contribution is -0.127. The molecule has 220 valence electrons. The molecule has 0 N–H and O–H groups in total. The van der Waals surface area contributed by atoms with Crippen LogP contribution < -0.4 is 9.64 Å². The third-order valence-corrected chi connectivity index (χ3v) is 10.4. The first-order chi connectivity index (χ1) is 21.0. The molecule has 0 unspecified atom stereocenters. The third kappa shape index (κ3) is 4.19. The van der Waals surface area contributed by atoms with Crippen molar-refractivity contribution < 1.29 is 13.9 Å². The number of hydrogen-bond donors (Lipinski definition) is 0. The maximum Gasteiger partial charge on any atom is 0.320 e. The fourth-order valence-corrected chi connectivity index (χ4v) is 8.12. The molecule has 0 saturated carbocycles. The Hall–Kier alpha value is -3.82. The molecule has 2 aromatic carbocycles. The first-order valence-electron chi connectivity index (χ1n) is 15.1. The number of nitrogens with zero attached hydrogens (tertiary/aromatic N) is 6. The fraction of sp³-hybridized carbons (Fsp3) is 0.394. The number of anilines is 1. The molecular weight excluding hydrogens is 567 g/mol. The summed E-state index contributed by atoms with van der Waals surface area (Å²) in [4.78, 5) is 33.9. The highest BCUT2D eigenvalue weighted by atomic mass is 35.5. The third-order valence-electron chi connectivity index (χ3n) is 10.0. The lowest BCUT2D eigenvalue weighted by atomic mass is 9.95. The Balaban J connectivity index is 1.20. The van der Waals surface area contributed by atoms with Crippen LogP contribution in [0.15, 0.2) is 55.1 Å². The zero-order chi connectivity index (χ0) is 29.3. The van der Waals surface area contributed by atoms with Crippen LogP contribution >= 0.6 is 11.6 Å². The molecule has 4 aromatic rings. The monoisotopic (exact) mass is 598 g/mol. The van der Waals surface area contributed by atoms with Crippen LogP contribution in [-0.4, -0.2) is 81.1 Å². The Labute approximate surface area is 254 Å². The molecule has 0 spiro atoms. The summed E-state index contributed by atoms with van der Waals surface area (Å²) in [5.41, 5.74) is 1.94. The number of ether oxygens (including phenoxy) is 1. The number of fused-ring (bicyclic) bond motifs is 4. The van der Waals surface area contributed by atoms with E-state index < -0.39 is 5.82 Å². The van der Waals surface area contributed by atoms with Gasteiger partial charge < -0.3 is 14.5 Å². The highest BCUT2D eigenvalue weighted by Crippen LogP contribution is 2.42. The normalized spacial score (nSPS) is 22.6. The van der Waals surface area contributed by atoms with Gasteiger partial charge in [-0.05, 0) is 74.9 Å². The summed E-state index contributed by atoms with van der Waals surface area (Å²) >= 11 is 6.47. The molecule has 10 heteroatoms. The Morgan fingerprint density at radius 3 is 2.72 bits per heavy atom. The van der Waals surface area contributed by atoms with Gasteiger partial charge in [0.25, 0.3) is 0 Å². The van der Waals surface area contributed by atoms with Crippen molar-refractivity contribution in [1.82, 2.24) is 24.8 Å². The summed E-state index contributed by atoms with van der Waals surface area (Å²) in [6.07, 6.45) is 6.86. The van der Waals surface area contributed by atoms with Crippen molar-refractivity contribution >= 4 is 45.1 Å². The second-order valence-corrected chi connectivity index (χ2v) is 12.6. The quantitative estimate of drug-likeness (QED) is 0.267. The molecule has 2 atom stereocenters. The van der Waals surface area contributed by atoms with Gasteiger partial charge in [-0.15, -0.1) is 0 Å². The van der Waals surface area contributed by atoms with Crippen molar-refractivity contribution in [3.63, 3.8) is 0 Å². The van der Waals surface area contributed by atoms with Crippen molar-refractivity contribution in [2.45, 2.75) is 49.7 Å². The average molecular weight is 599 g/mol. The molecule has 4 aliphatic rings. The van der Waals surface area contributed by atoms with Gasteiger partial charge in [0, 0.05) is 24.0 Å². The van der Waals surface area contributed by atoms with Crippen LogP contribution in [0.2, 0.25) is 5.02 Å². The Kier molecular flexibility index (Phi) is 6.31. The zero-order valence-electron chi connectivity index (χ0n) is 23.8. The number of carbonyl (C=O) groups is 1. The van der Waals surface area contributed by atoms with E-state index in [9.17, 15) is 9.18 Å². The molecule has 2 aromatic heterocycles. The van der Waals surface area contributed by atoms with E-state index in [4.69, 9.17) is 31.3 Å². The van der Waals surface area contributed by atoms with Gasteiger partial charge in [0.15, 0.2) is 5.65 Å². The summed E-state index contributed by atoms with van der Waals surface area (Å²) in [5, 5.41) is 2.33. The largest absolute Gasteiger partial charge is 0.461 e. The van der Waals surface area contributed by atoms with Crippen LogP contribution in [0.1, 0.15) is 32.1 Å². The maximum atomic E-state index is 14.5. The minimum atomic E-state index is -0.470. The predicted octanol–water partition coefficient (Wildman–Crippen LogP) is 5.62. The lowest BCUT2D eigenvalue weighted by Crippen LogP contribution is -2.63. The lowest BCUT2D eigenvalue weighted by Gasteiger charge is -2.47. The molecule has 4 aliphatic heterocycles. The van der Waals surface area contributed by atoms with Gasteiger partial charge in [0.05, 0.1) is 33.7 Å². The second-order valence-electron chi connectivity index (χ2n) is 12.2. The van der Waals surface area contributed by atoms with Crippen molar-refractivity contribution in [3.05, 3.63) is 66.0 Å². The smallest absolute Gasteiger partial charge is 0.320 e. The topological polar surface area (TPSA) is 74.7 Å². The highest BCUT2D eigenvalue weighted by molar-refractivity contribution is 6.36. The van der Waals surface area contributed by atoms with Crippen molar-refractivity contribution in [1.29, 1.82) is 0 Å². The van der Waals surface area contributed by atoms with Gasteiger partial charge in [0.2, 0.25) is 5.91 Å². The molecule has 0 bridgehead atoms. The SMILES string of the molecule is C=CC(=O)N1CC[C@@H]2[C@H]1CN2c1nc(OCC23CCCN2CCC3)nc2nc(-c3cccc4ccc(F)c(Cl)c34)ccc12. The molecule has 43 heavy (non-hydrogen) atoms. The first-order valence-corrected chi connectivity index (χ1v) is 15.5. The molecule has 4 saturated heterocycles. The highest BCUT2D eigenvalue weighted by Gasteiger charge is 2.49. The zero-order valence-corrected chi connectivity index (χ0v) is 24.6. The number of rotatable bonds is 6. The number of likely N-dealkylation sites (tertiary alicyclic amines) is 1. The molecule has 0 radical (unpaired) electrons. The molecule has 1 amide bonds. The van der Waals surface area contributed by atoms with Crippen molar-refractivity contribution in [2.24, 2.45) is 0 Å². The summed E-state index contributed by atoms with van der Waals surface area (Å²) in [6, 6.07) is 13.3. The van der Waals surface area contributed by atoms with E-state index in [0.29, 0.717) is 42.4 Å². The van der Waals surface area contributed by atoms with Gasteiger partial charge in [-0.3, -0.25) is 9.69 Å². The number of carbonyl (C=O) groups excluding carboxylic acids is 1. The standard InChI is InChI=1S/C33H32ClFN6O2/c1-2-27(42)40-17-12-25-26(40)18-41(25)31-22-9-11-24(21-7-3-6-20-8-10-23(35)29(34)28(20)21)36-30(22)37-32(38-31)43-19-33-13-4-15-39(33)16-5-14-33/h2-3,6-11,25-26H,1,4-5,12-19H2/t25-,26-/m1/s1. The van der Waals surface area contributed by atoms with Crippen LogP contribution in [0.25, 0.3) is 33.1 Å².